The Kier molecular flexibility index (Phi) is 1.91. The summed E-state index contributed by atoms with van der Waals surface area (Å²) in [5.74, 6) is 0.981. The molecule has 0 radical (unpaired) electrons. The first kappa shape index (κ1) is 9.65. The Morgan fingerprint density at radius 3 is 3.17 bits per heavy atom. The molecule has 1 aliphatic heterocycles. The third kappa shape index (κ3) is 1.26. The Bertz CT molecular complexity index is 733. The van der Waals surface area contributed by atoms with Gasteiger partial charge in [-0.05, 0) is 5.56 Å². The minimum atomic E-state index is 0.760. The van der Waals surface area contributed by atoms with Crippen molar-refractivity contribution in [3.05, 3.63) is 42.5 Å². The van der Waals surface area contributed by atoms with E-state index in [4.69, 9.17) is 4.74 Å². The quantitative estimate of drug-likeness (QED) is 0.707. The SMILES string of the molecule is c1cc2c(c(-c3cncc4[nH]cnc34)c1)OCC2. The van der Waals surface area contributed by atoms with Gasteiger partial charge in [-0.3, -0.25) is 4.98 Å². The highest BCUT2D eigenvalue weighted by Crippen LogP contribution is 2.38. The molecule has 88 valence electrons. The van der Waals surface area contributed by atoms with Gasteiger partial charge in [0, 0.05) is 23.7 Å². The third-order valence-electron chi connectivity index (χ3n) is 3.34. The molecule has 0 aliphatic carbocycles. The van der Waals surface area contributed by atoms with Crippen molar-refractivity contribution in [3.8, 4) is 16.9 Å². The van der Waals surface area contributed by atoms with Gasteiger partial charge in [-0.25, -0.2) is 4.98 Å². The van der Waals surface area contributed by atoms with Crippen LogP contribution in [0.25, 0.3) is 22.2 Å². The van der Waals surface area contributed by atoms with Crippen LogP contribution in [0, 0.1) is 0 Å². The van der Waals surface area contributed by atoms with Crippen LogP contribution < -0.4 is 4.74 Å². The van der Waals surface area contributed by atoms with Crippen molar-refractivity contribution in [2.45, 2.75) is 6.42 Å². The van der Waals surface area contributed by atoms with Crippen molar-refractivity contribution in [3.63, 3.8) is 0 Å². The molecule has 1 aromatic carbocycles. The van der Waals surface area contributed by atoms with E-state index in [9.17, 15) is 0 Å². The molecule has 0 atom stereocenters. The molecule has 0 saturated heterocycles. The summed E-state index contributed by atoms with van der Waals surface area (Å²) in [6, 6.07) is 6.24. The molecule has 0 amide bonds. The Balaban J connectivity index is 2.03. The highest BCUT2D eigenvalue weighted by atomic mass is 16.5. The number of imidazole rings is 1. The largest absolute Gasteiger partial charge is 0.492 e. The first-order chi connectivity index (χ1) is 8.93. The molecule has 2 aromatic heterocycles. The minimum Gasteiger partial charge on any atom is -0.492 e. The fourth-order valence-electron chi connectivity index (χ4n) is 2.49. The molecular weight excluding hydrogens is 226 g/mol. The number of hydrogen-bond donors (Lipinski definition) is 1. The first-order valence-corrected chi connectivity index (χ1v) is 5.95. The number of H-pyrrole nitrogens is 1. The van der Waals surface area contributed by atoms with E-state index in [2.05, 4.69) is 33.2 Å². The van der Waals surface area contributed by atoms with Crippen LogP contribution in [0.1, 0.15) is 5.56 Å². The lowest BCUT2D eigenvalue weighted by Crippen LogP contribution is -1.90. The molecule has 3 heterocycles. The number of aromatic amines is 1. The summed E-state index contributed by atoms with van der Waals surface area (Å²) in [6.45, 7) is 0.760. The number of fused-ring (bicyclic) bond motifs is 2. The highest BCUT2D eigenvalue weighted by Gasteiger charge is 2.18. The average molecular weight is 237 g/mol. The number of benzene rings is 1. The van der Waals surface area contributed by atoms with Gasteiger partial charge in [0.25, 0.3) is 0 Å². The lowest BCUT2D eigenvalue weighted by atomic mass is 10.0. The number of rotatable bonds is 1. The Morgan fingerprint density at radius 2 is 2.17 bits per heavy atom. The van der Waals surface area contributed by atoms with Crippen molar-refractivity contribution in [1.82, 2.24) is 15.0 Å². The van der Waals surface area contributed by atoms with Gasteiger partial charge >= 0.3 is 0 Å². The summed E-state index contributed by atoms with van der Waals surface area (Å²) < 4.78 is 5.74. The Hall–Kier alpha value is -2.36. The zero-order chi connectivity index (χ0) is 11.9. The van der Waals surface area contributed by atoms with Crippen molar-refractivity contribution in [2.24, 2.45) is 0 Å². The number of aromatic nitrogens is 3. The van der Waals surface area contributed by atoms with Crippen LogP contribution in [0.15, 0.2) is 36.9 Å². The molecule has 0 fully saturated rings. The number of para-hydroxylation sites is 1. The first-order valence-electron chi connectivity index (χ1n) is 5.95. The lowest BCUT2D eigenvalue weighted by molar-refractivity contribution is 0.358. The molecule has 18 heavy (non-hydrogen) atoms. The van der Waals surface area contributed by atoms with E-state index in [1.165, 1.54) is 5.56 Å². The average Bonchev–Trinajstić information content (AvgIpc) is 3.06. The second-order valence-corrected chi connectivity index (χ2v) is 4.38. The second-order valence-electron chi connectivity index (χ2n) is 4.38. The molecular formula is C14H11N3O. The van der Waals surface area contributed by atoms with Crippen LogP contribution in [-0.2, 0) is 6.42 Å². The van der Waals surface area contributed by atoms with Crippen LogP contribution in [0.3, 0.4) is 0 Å². The van der Waals surface area contributed by atoms with Gasteiger partial charge in [0.15, 0.2) is 0 Å². The standard InChI is InChI=1S/C14H11N3O/c1-2-9-4-5-18-14(9)10(3-1)11-6-15-7-12-13(11)17-8-16-12/h1-3,6-8H,4-5H2,(H,16,17). The van der Waals surface area contributed by atoms with Gasteiger partial charge < -0.3 is 9.72 Å². The fraction of sp³-hybridized carbons (Fsp3) is 0.143. The van der Waals surface area contributed by atoms with E-state index in [1.54, 1.807) is 12.5 Å². The number of ether oxygens (including phenoxy) is 1. The summed E-state index contributed by atoms with van der Waals surface area (Å²) in [4.78, 5) is 11.7. The van der Waals surface area contributed by atoms with E-state index in [0.29, 0.717) is 0 Å². The molecule has 1 aliphatic rings. The maximum absolute atomic E-state index is 5.74. The molecule has 0 spiro atoms. The minimum absolute atomic E-state index is 0.760. The van der Waals surface area contributed by atoms with Gasteiger partial charge in [-0.15, -0.1) is 0 Å². The van der Waals surface area contributed by atoms with Crippen LogP contribution in [0.2, 0.25) is 0 Å². The lowest BCUT2D eigenvalue weighted by Gasteiger charge is -2.08. The number of nitrogens with zero attached hydrogens (tertiary/aromatic N) is 2. The van der Waals surface area contributed by atoms with Crippen LogP contribution in [0.4, 0.5) is 0 Å². The van der Waals surface area contributed by atoms with Crippen molar-refractivity contribution < 1.29 is 4.74 Å². The maximum atomic E-state index is 5.74. The van der Waals surface area contributed by atoms with E-state index in [0.717, 1.165) is 40.9 Å². The monoisotopic (exact) mass is 237 g/mol. The summed E-state index contributed by atoms with van der Waals surface area (Å²) in [5, 5.41) is 0. The maximum Gasteiger partial charge on any atom is 0.130 e. The van der Waals surface area contributed by atoms with E-state index in [-0.39, 0.29) is 0 Å². The second kappa shape index (κ2) is 3.57. The molecule has 0 saturated carbocycles. The Morgan fingerprint density at radius 1 is 1.17 bits per heavy atom. The summed E-state index contributed by atoms with van der Waals surface area (Å²) >= 11 is 0. The van der Waals surface area contributed by atoms with Crippen molar-refractivity contribution in [1.29, 1.82) is 0 Å². The normalized spacial score (nSPS) is 13.6. The highest BCUT2D eigenvalue weighted by molar-refractivity contribution is 5.92. The zero-order valence-corrected chi connectivity index (χ0v) is 9.68. The van der Waals surface area contributed by atoms with E-state index < -0.39 is 0 Å². The van der Waals surface area contributed by atoms with E-state index in [1.807, 2.05) is 6.20 Å². The van der Waals surface area contributed by atoms with Gasteiger partial charge in [0.2, 0.25) is 0 Å². The predicted molar refractivity (Wildman–Crippen MR) is 68.5 cm³/mol. The molecule has 1 N–H and O–H groups in total. The number of hydrogen-bond acceptors (Lipinski definition) is 3. The van der Waals surface area contributed by atoms with Gasteiger partial charge in [0.05, 0.1) is 30.2 Å². The molecule has 0 bridgehead atoms. The topological polar surface area (TPSA) is 50.8 Å². The van der Waals surface area contributed by atoms with Gasteiger partial charge in [-0.2, -0.15) is 0 Å². The Labute approximate surface area is 104 Å². The van der Waals surface area contributed by atoms with Crippen molar-refractivity contribution in [2.75, 3.05) is 6.61 Å². The summed E-state index contributed by atoms with van der Waals surface area (Å²) in [5.41, 5.74) is 5.25. The predicted octanol–water partition coefficient (Wildman–Crippen LogP) is 2.56. The summed E-state index contributed by atoms with van der Waals surface area (Å²) in [6.07, 6.45) is 6.31. The van der Waals surface area contributed by atoms with Crippen LogP contribution >= 0.6 is 0 Å². The molecule has 4 rings (SSSR count). The zero-order valence-electron chi connectivity index (χ0n) is 9.68. The van der Waals surface area contributed by atoms with Crippen molar-refractivity contribution >= 4 is 11.0 Å². The van der Waals surface area contributed by atoms with Crippen LogP contribution in [0.5, 0.6) is 5.75 Å². The van der Waals surface area contributed by atoms with Gasteiger partial charge in [0.1, 0.15) is 5.75 Å². The molecule has 3 aromatic rings. The molecule has 4 heteroatoms. The third-order valence-corrected chi connectivity index (χ3v) is 3.34. The molecule has 4 nitrogen and oxygen atoms in total. The van der Waals surface area contributed by atoms with E-state index >= 15 is 0 Å². The smallest absolute Gasteiger partial charge is 0.130 e. The fourth-order valence-corrected chi connectivity index (χ4v) is 2.49. The number of pyridine rings is 1. The van der Waals surface area contributed by atoms with Crippen LogP contribution in [-0.4, -0.2) is 21.6 Å². The molecule has 0 unspecified atom stereocenters. The van der Waals surface area contributed by atoms with Gasteiger partial charge in [-0.1, -0.05) is 18.2 Å². The number of nitrogens with one attached hydrogen (secondary N) is 1. The summed E-state index contributed by atoms with van der Waals surface area (Å²) in [7, 11) is 0.